The molecule has 10 nitrogen and oxygen atoms in total. The predicted molar refractivity (Wildman–Crippen MR) is 132 cm³/mol. The van der Waals surface area contributed by atoms with Gasteiger partial charge in [0.1, 0.15) is 22.8 Å². The van der Waals surface area contributed by atoms with Gasteiger partial charge in [0.25, 0.3) is 0 Å². The van der Waals surface area contributed by atoms with E-state index >= 15 is 0 Å². The molecule has 3 heterocycles. The molecule has 0 aliphatic carbocycles. The third-order valence-corrected chi connectivity index (χ3v) is 5.84. The highest BCUT2D eigenvalue weighted by Crippen LogP contribution is 2.38. The normalized spacial score (nSPS) is 18.9. The highest BCUT2D eigenvalue weighted by atomic mass is 32.2. The van der Waals surface area contributed by atoms with E-state index in [-0.39, 0.29) is 30.2 Å². The van der Waals surface area contributed by atoms with Crippen molar-refractivity contribution in [3.8, 4) is 0 Å². The number of aryl methyl sites for hydroxylation is 1. The number of nitrogens with zero attached hydrogens (tertiary/aromatic N) is 2. The first-order chi connectivity index (χ1) is 16.4. The Morgan fingerprint density at radius 3 is 2.38 bits per heavy atom. The number of amidine groups is 2. The summed E-state index contributed by atoms with van der Waals surface area (Å²) in [5.41, 5.74) is 9.67. The number of anilines is 1. The average Bonchev–Trinajstić information content (AvgIpc) is 2.80. The summed E-state index contributed by atoms with van der Waals surface area (Å²) in [6.45, 7) is 5.80. The van der Waals surface area contributed by atoms with Crippen LogP contribution in [0.15, 0.2) is 68.2 Å². The van der Waals surface area contributed by atoms with Gasteiger partial charge in [0.15, 0.2) is 11.3 Å². The molecule has 1 unspecified atom stereocenters. The number of benzene rings is 1. The monoisotopic (exact) mass is 482 g/mol. The smallest absolute Gasteiger partial charge is 0.344 e. The minimum Gasteiger partial charge on any atom is -0.462 e. The molecule has 5 N–H and O–H groups in total. The second kappa shape index (κ2) is 9.64. The summed E-state index contributed by atoms with van der Waals surface area (Å²) in [6, 6.07) is 7.72. The highest BCUT2D eigenvalue weighted by Gasteiger charge is 2.42. The molecule has 0 saturated carbocycles. The number of aliphatic imine (C=N–C) groups is 2. The van der Waals surface area contributed by atoms with Crippen molar-refractivity contribution in [1.29, 1.82) is 0 Å². The molecule has 4 rings (SSSR count). The lowest BCUT2D eigenvalue weighted by molar-refractivity contribution is -0.139. The van der Waals surface area contributed by atoms with Gasteiger partial charge in [0, 0.05) is 11.3 Å². The van der Waals surface area contributed by atoms with Crippen LogP contribution in [-0.2, 0) is 19.1 Å². The van der Waals surface area contributed by atoms with E-state index < -0.39 is 18.1 Å². The topological polar surface area (TPSA) is 139 Å². The summed E-state index contributed by atoms with van der Waals surface area (Å²) in [4.78, 5) is 35.1. The minimum atomic E-state index is -0.686. The van der Waals surface area contributed by atoms with E-state index in [0.29, 0.717) is 28.0 Å². The summed E-state index contributed by atoms with van der Waals surface area (Å²) >= 11 is 1.33. The first-order valence-electron chi connectivity index (χ1n) is 10.8. The van der Waals surface area contributed by atoms with Crippen molar-refractivity contribution < 1.29 is 19.1 Å². The molecule has 3 aliphatic rings. The lowest BCUT2D eigenvalue weighted by Gasteiger charge is -2.37. The molecule has 0 fully saturated rings. The Morgan fingerprint density at radius 1 is 1.12 bits per heavy atom. The zero-order valence-corrected chi connectivity index (χ0v) is 20.1. The molecule has 0 amide bonds. The SMILES string of the molecule is CCOC(=O)C1=C(Nc2ccc(C)cc2)NC2N=C(N)C(C(=O)OCC)=C3NC(SC)=NC1=C32. The number of esters is 2. The van der Waals surface area contributed by atoms with Crippen molar-refractivity contribution in [2.45, 2.75) is 26.9 Å². The number of dihydropyridines is 2. The zero-order valence-electron chi connectivity index (χ0n) is 19.3. The number of hydrogen-bond acceptors (Lipinski definition) is 11. The Kier molecular flexibility index (Phi) is 6.64. The third-order valence-electron chi connectivity index (χ3n) is 5.26. The molecule has 11 heteroatoms. The summed E-state index contributed by atoms with van der Waals surface area (Å²) < 4.78 is 10.6. The van der Waals surface area contributed by atoms with Crippen LogP contribution in [-0.4, -0.2) is 48.6 Å². The van der Waals surface area contributed by atoms with Crippen LogP contribution in [0.4, 0.5) is 5.69 Å². The van der Waals surface area contributed by atoms with E-state index in [2.05, 4.69) is 25.9 Å². The fraction of sp³-hybridized carbons (Fsp3) is 0.304. The van der Waals surface area contributed by atoms with Gasteiger partial charge in [0.2, 0.25) is 0 Å². The zero-order chi connectivity index (χ0) is 24.4. The van der Waals surface area contributed by atoms with E-state index in [4.69, 9.17) is 15.2 Å². The Balaban J connectivity index is 1.93. The molecule has 1 aromatic carbocycles. The average molecular weight is 483 g/mol. The molecule has 34 heavy (non-hydrogen) atoms. The third kappa shape index (κ3) is 4.26. The molecule has 0 bridgehead atoms. The number of rotatable bonds is 6. The Hall–Kier alpha value is -3.73. The number of ether oxygens (including phenoxy) is 2. The van der Waals surface area contributed by atoms with Crippen molar-refractivity contribution in [2.24, 2.45) is 15.7 Å². The van der Waals surface area contributed by atoms with Crippen LogP contribution in [0.5, 0.6) is 0 Å². The lowest BCUT2D eigenvalue weighted by atomic mass is 9.91. The van der Waals surface area contributed by atoms with Gasteiger partial charge < -0.3 is 31.2 Å². The largest absolute Gasteiger partial charge is 0.462 e. The number of nitrogens with one attached hydrogen (secondary N) is 3. The highest BCUT2D eigenvalue weighted by molar-refractivity contribution is 8.13. The van der Waals surface area contributed by atoms with Gasteiger partial charge in [-0.15, -0.1) is 0 Å². The van der Waals surface area contributed by atoms with Gasteiger partial charge in [-0.2, -0.15) is 0 Å². The first-order valence-corrected chi connectivity index (χ1v) is 12.0. The van der Waals surface area contributed by atoms with Crippen molar-refractivity contribution in [3.05, 3.63) is 63.8 Å². The molecule has 0 saturated heterocycles. The van der Waals surface area contributed by atoms with E-state index in [0.717, 1.165) is 11.3 Å². The maximum atomic E-state index is 13.1. The van der Waals surface area contributed by atoms with Crippen LogP contribution in [0.3, 0.4) is 0 Å². The number of carbonyl (C=O) groups is 2. The van der Waals surface area contributed by atoms with Crippen molar-refractivity contribution in [1.82, 2.24) is 10.6 Å². The minimum absolute atomic E-state index is 0.0261. The number of hydrogen-bond donors (Lipinski definition) is 4. The van der Waals surface area contributed by atoms with Gasteiger partial charge in [-0.1, -0.05) is 29.5 Å². The molecule has 1 aromatic rings. The van der Waals surface area contributed by atoms with Gasteiger partial charge in [-0.25, -0.2) is 19.6 Å². The number of carbonyl (C=O) groups excluding carboxylic acids is 2. The standard InChI is InChI=1S/C23H26N6O4S/c1-5-32-21(30)14-16-13-17(27-23(26-16)34-4)15(22(31)33-6-2)20(29-19(13)28-18(14)24)25-12-9-7-11(3)8-10-12/h7-10,19,25,29H,5-6H2,1-4H3,(H2,24,28)(H,26,27). The fourth-order valence-corrected chi connectivity index (χ4v) is 4.14. The van der Waals surface area contributed by atoms with Crippen LogP contribution in [0.1, 0.15) is 19.4 Å². The van der Waals surface area contributed by atoms with Crippen molar-refractivity contribution in [2.75, 3.05) is 24.8 Å². The second-order valence-corrected chi connectivity index (χ2v) is 8.30. The Bertz CT molecular complexity index is 1200. The van der Waals surface area contributed by atoms with Gasteiger partial charge in [-0.05, 0) is 39.2 Å². The van der Waals surface area contributed by atoms with Crippen LogP contribution in [0.25, 0.3) is 0 Å². The van der Waals surface area contributed by atoms with Crippen molar-refractivity contribution in [3.63, 3.8) is 0 Å². The first kappa shape index (κ1) is 23.4. The van der Waals surface area contributed by atoms with Crippen LogP contribution >= 0.6 is 11.8 Å². The van der Waals surface area contributed by atoms with Crippen LogP contribution < -0.4 is 21.7 Å². The number of thioether (sulfide) groups is 1. The molecule has 1 atom stereocenters. The maximum absolute atomic E-state index is 13.1. The van der Waals surface area contributed by atoms with E-state index in [1.54, 1.807) is 13.8 Å². The van der Waals surface area contributed by atoms with Gasteiger partial charge >= 0.3 is 11.9 Å². The molecule has 0 spiro atoms. The summed E-state index contributed by atoms with van der Waals surface area (Å²) in [5, 5.41) is 10.1. The van der Waals surface area contributed by atoms with Gasteiger partial charge in [-0.3, -0.25) is 0 Å². The van der Waals surface area contributed by atoms with Crippen LogP contribution in [0.2, 0.25) is 0 Å². The molecular formula is C23H26N6O4S. The van der Waals surface area contributed by atoms with E-state index in [1.807, 2.05) is 37.4 Å². The maximum Gasteiger partial charge on any atom is 0.344 e. The molecule has 178 valence electrons. The Labute approximate surface area is 201 Å². The summed E-state index contributed by atoms with van der Waals surface area (Å²) in [5.74, 6) is -0.758. The van der Waals surface area contributed by atoms with Crippen LogP contribution in [0, 0.1) is 6.92 Å². The quantitative estimate of drug-likeness (QED) is 0.447. The molecule has 3 aliphatic heterocycles. The Morgan fingerprint density at radius 2 is 1.76 bits per heavy atom. The summed E-state index contributed by atoms with van der Waals surface area (Å²) in [7, 11) is 0. The summed E-state index contributed by atoms with van der Waals surface area (Å²) in [6.07, 6.45) is 1.15. The van der Waals surface area contributed by atoms with E-state index in [9.17, 15) is 9.59 Å². The fourth-order valence-electron chi connectivity index (χ4n) is 3.75. The molecule has 0 aromatic heterocycles. The predicted octanol–water partition coefficient (Wildman–Crippen LogP) is 1.88. The molecular weight excluding hydrogens is 456 g/mol. The lowest BCUT2D eigenvalue weighted by Crippen LogP contribution is -2.48. The van der Waals surface area contributed by atoms with E-state index in [1.165, 1.54) is 11.8 Å². The second-order valence-electron chi connectivity index (χ2n) is 7.50. The number of nitrogens with two attached hydrogens (primary N) is 1. The van der Waals surface area contributed by atoms with Gasteiger partial charge in [0.05, 0.1) is 24.6 Å². The molecule has 0 radical (unpaired) electrons. The van der Waals surface area contributed by atoms with Crippen molar-refractivity contribution >= 4 is 40.4 Å².